The molecule has 0 saturated heterocycles. The summed E-state index contributed by atoms with van der Waals surface area (Å²) in [6, 6.07) is 33.1. The largest absolute Gasteiger partial charge is 4.00 e. The van der Waals surface area contributed by atoms with Gasteiger partial charge in [-0.2, -0.15) is 83.9 Å². The van der Waals surface area contributed by atoms with Gasteiger partial charge in [0.15, 0.2) is 0 Å². The van der Waals surface area contributed by atoms with E-state index in [2.05, 4.69) is 36.4 Å². The molecule has 4 aromatic carbocycles. The van der Waals surface area contributed by atoms with Crippen LogP contribution in [-0.2, 0) is 57.2 Å². The van der Waals surface area contributed by atoms with Gasteiger partial charge in [-0.15, -0.1) is 12.8 Å². The second-order valence-electron chi connectivity index (χ2n) is 17.2. The van der Waals surface area contributed by atoms with Gasteiger partial charge in [-0.3, -0.25) is 21.7 Å². The van der Waals surface area contributed by atoms with Crippen molar-refractivity contribution in [3.8, 4) is 0 Å². The zero-order chi connectivity index (χ0) is 46.8. The Bertz CT molecular complexity index is 1920. The van der Waals surface area contributed by atoms with Crippen molar-refractivity contribution in [2.24, 2.45) is 10.8 Å². The minimum atomic E-state index is -1.24. The summed E-state index contributed by atoms with van der Waals surface area (Å²) < 4.78 is 57.7. The van der Waals surface area contributed by atoms with Gasteiger partial charge in [0.05, 0.1) is 13.1 Å². The Labute approximate surface area is 402 Å². The molecule has 2 aliphatic carbocycles. The van der Waals surface area contributed by atoms with Gasteiger partial charge in [0.25, 0.3) is 0 Å². The summed E-state index contributed by atoms with van der Waals surface area (Å²) >= 11 is 0. The maximum atomic E-state index is 14.8. The summed E-state index contributed by atoms with van der Waals surface area (Å²) in [5, 5.41) is 0. The number of alkyl halides is 2. The number of hydrogen-bond donors (Lipinski definition) is 0. The van der Waals surface area contributed by atoms with Crippen molar-refractivity contribution >= 4 is 11.8 Å². The number of rotatable bonds is 18. The molecule has 0 saturated carbocycles. The van der Waals surface area contributed by atoms with Gasteiger partial charge < -0.3 is 9.80 Å². The predicted octanol–water partition coefficient (Wildman–Crippen LogP) is 13.3. The van der Waals surface area contributed by atoms with E-state index in [1.165, 1.54) is 21.9 Å². The molecule has 6 rings (SSSR count). The van der Waals surface area contributed by atoms with Gasteiger partial charge >= 0.3 is 21.7 Å². The number of amides is 2. The van der Waals surface area contributed by atoms with Crippen LogP contribution in [0.4, 0.5) is 17.6 Å². The Balaban J connectivity index is 0.000000361. The molecule has 0 N–H and O–H groups in total. The van der Waals surface area contributed by atoms with Crippen LogP contribution in [0.15, 0.2) is 134 Å². The number of benzene rings is 4. The number of nitrogens with zero attached hydrogens (tertiary/aromatic N) is 2. The normalized spacial score (nSPS) is 13.2. The third-order valence-corrected chi connectivity index (χ3v) is 10.6. The Hall–Kier alpha value is -4.79. The molecule has 65 heavy (non-hydrogen) atoms. The molecular formula is C56H66F4N2O2Ti. The molecule has 2 atom stereocenters. The van der Waals surface area contributed by atoms with E-state index in [4.69, 9.17) is 0 Å². The zero-order valence-electron chi connectivity index (χ0n) is 39.1. The van der Waals surface area contributed by atoms with Crippen LogP contribution in [0.25, 0.3) is 0 Å². The molecule has 0 bridgehead atoms. The Morgan fingerprint density at radius 3 is 1.25 bits per heavy atom. The van der Waals surface area contributed by atoms with Crippen molar-refractivity contribution in [2.75, 3.05) is 13.1 Å². The molecule has 0 radical (unpaired) electrons. The quantitative estimate of drug-likeness (QED) is 0.0567. The van der Waals surface area contributed by atoms with Crippen LogP contribution in [0.1, 0.15) is 102 Å². The smallest absolute Gasteiger partial charge is 0.335 e. The van der Waals surface area contributed by atoms with Crippen LogP contribution in [0.3, 0.4) is 0 Å². The number of halogens is 4. The van der Waals surface area contributed by atoms with E-state index in [1.54, 1.807) is 48.5 Å². The molecule has 9 heteroatoms. The van der Waals surface area contributed by atoms with Gasteiger partial charge in [0, 0.05) is 35.0 Å². The Kier molecular flexibility index (Phi) is 26.4. The summed E-state index contributed by atoms with van der Waals surface area (Å²) in [5.74, 6) is -1.05. The topological polar surface area (TPSA) is 40.6 Å². The number of carbonyl (C=O) groups excluding carboxylic acids is 2. The SMILES string of the molecule is CCCC(C)(C)C(=O)N(Cc1ccccc1F)CC(F)Cc1[c-]cccc1.CCCC(C)(C)C(=O)N(Cc1ccccc1F)CC(F)Cc1[c-]cccc1.[C-]1=CC=CC1.[C-]1=CC=CC1.[Ti+4]. The average molecular weight is 923 g/mol. The third kappa shape index (κ3) is 21.4. The maximum absolute atomic E-state index is 14.8. The van der Waals surface area contributed by atoms with Crippen LogP contribution in [0.2, 0.25) is 0 Å². The molecule has 2 amide bonds. The van der Waals surface area contributed by atoms with Crippen LogP contribution in [-0.4, -0.2) is 47.0 Å². The second-order valence-corrected chi connectivity index (χ2v) is 17.2. The first-order chi connectivity index (χ1) is 30.7. The fraction of sp³-hybridized carbons (Fsp3) is 0.393. The molecule has 0 aromatic heterocycles. The summed E-state index contributed by atoms with van der Waals surface area (Å²) in [6.45, 7) is 11.5. The zero-order valence-corrected chi connectivity index (χ0v) is 40.6. The van der Waals surface area contributed by atoms with E-state index in [9.17, 15) is 27.2 Å². The van der Waals surface area contributed by atoms with Crippen molar-refractivity contribution in [2.45, 2.75) is 118 Å². The third-order valence-electron chi connectivity index (χ3n) is 10.6. The van der Waals surface area contributed by atoms with Gasteiger partial charge in [-0.05, 0) is 37.8 Å². The van der Waals surface area contributed by atoms with Gasteiger partial charge in [-0.25, -0.2) is 41.9 Å². The molecule has 344 valence electrons. The van der Waals surface area contributed by atoms with Crippen LogP contribution < -0.4 is 0 Å². The van der Waals surface area contributed by atoms with Crippen molar-refractivity contribution in [1.82, 2.24) is 9.80 Å². The minimum Gasteiger partial charge on any atom is -0.335 e. The van der Waals surface area contributed by atoms with Gasteiger partial charge in [0.2, 0.25) is 11.8 Å². The maximum Gasteiger partial charge on any atom is 4.00 e. The molecule has 4 aromatic rings. The number of hydrogen-bond acceptors (Lipinski definition) is 2. The van der Waals surface area contributed by atoms with E-state index < -0.39 is 23.2 Å². The first-order valence-corrected chi connectivity index (χ1v) is 22.3. The first-order valence-electron chi connectivity index (χ1n) is 22.3. The summed E-state index contributed by atoms with van der Waals surface area (Å²) in [7, 11) is 0. The molecule has 0 aliphatic heterocycles. The van der Waals surface area contributed by atoms with Crippen molar-refractivity contribution in [3.05, 3.63) is 192 Å². The van der Waals surface area contributed by atoms with E-state index in [0.29, 0.717) is 24.0 Å². The van der Waals surface area contributed by atoms with Gasteiger partial charge in [-0.1, -0.05) is 90.8 Å². The molecular weight excluding hydrogens is 856 g/mol. The molecule has 0 fully saturated rings. The molecule has 0 spiro atoms. The van der Waals surface area contributed by atoms with Crippen molar-refractivity contribution in [1.29, 1.82) is 0 Å². The van der Waals surface area contributed by atoms with E-state index in [-0.39, 0.29) is 84.2 Å². The second kappa shape index (κ2) is 30.4. The van der Waals surface area contributed by atoms with Crippen LogP contribution in [0, 0.1) is 46.7 Å². The minimum absolute atomic E-state index is 0. The fourth-order valence-electron chi connectivity index (χ4n) is 7.30. The average Bonchev–Trinajstić information content (AvgIpc) is 4.07. The van der Waals surface area contributed by atoms with Gasteiger partial charge in [0.1, 0.15) is 24.0 Å². The fourth-order valence-corrected chi connectivity index (χ4v) is 7.30. The van der Waals surface area contributed by atoms with E-state index >= 15 is 0 Å². The summed E-state index contributed by atoms with van der Waals surface area (Å²) in [4.78, 5) is 29.1. The van der Waals surface area contributed by atoms with E-state index in [0.717, 1.165) is 36.8 Å². The predicted molar refractivity (Wildman–Crippen MR) is 252 cm³/mol. The molecule has 4 nitrogen and oxygen atoms in total. The van der Waals surface area contributed by atoms with Crippen molar-refractivity contribution in [3.63, 3.8) is 0 Å². The molecule has 2 unspecified atom stereocenters. The Morgan fingerprint density at radius 1 is 0.600 bits per heavy atom. The summed E-state index contributed by atoms with van der Waals surface area (Å²) in [6.07, 6.45) is 21.0. The number of allylic oxidation sites excluding steroid dienone is 8. The standard InChI is InChI=1S/2C23H28F2NO.2C5H5.Ti/c2*1-4-14-23(2,3)22(27)26(16-19-12-8-9-13-21(19)25)17-20(24)15-18-10-6-5-7-11-18;2*1-2-4-5-3-1;/h2*5-10,12-13,20H,4,14-17H2,1-3H3;2*1-3H,4H2;/q4*-1;+4. The number of carbonyl (C=O) groups is 2. The van der Waals surface area contributed by atoms with Crippen LogP contribution >= 0.6 is 0 Å². The molecule has 0 heterocycles. The summed E-state index contributed by atoms with van der Waals surface area (Å²) in [5.41, 5.74) is 1.09. The molecule has 2 aliphatic rings. The van der Waals surface area contributed by atoms with Crippen molar-refractivity contribution < 1.29 is 48.9 Å². The van der Waals surface area contributed by atoms with Crippen LogP contribution in [0.5, 0.6) is 0 Å². The van der Waals surface area contributed by atoms with E-state index in [1.807, 2.05) is 102 Å². The monoisotopic (exact) mass is 922 g/mol. The first kappa shape index (κ1) is 56.3. The Morgan fingerprint density at radius 2 is 0.969 bits per heavy atom.